The van der Waals surface area contributed by atoms with Crippen molar-refractivity contribution in [3.63, 3.8) is 0 Å². The summed E-state index contributed by atoms with van der Waals surface area (Å²) in [5.74, 6) is 0.624. The predicted octanol–water partition coefficient (Wildman–Crippen LogP) is 2.17. The lowest BCUT2D eigenvalue weighted by atomic mass is 10.00. The van der Waals surface area contributed by atoms with Crippen LogP contribution in [0.4, 0.5) is 0 Å². The maximum Gasteiger partial charge on any atom is 0.0969 e. The Morgan fingerprint density at radius 3 is 3.00 bits per heavy atom. The Hall–Kier alpha value is -1.72. The number of nitrogens with one attached hydrogen (secondary N) is 1. The van der Waals surface area contributed by atoms with Crippen LogP contribution in [0.3, 0.4) is 0 Å². The van der Waals surface area contributed by atoms with E-state index in [1.165, 1.54) is 0 Å². The van der Waals surface area contributed by atoms with Crippen LogP contribution in [0.25, 0.3) is 5.69 Å². The third kappa shape index (κ3) is 3.49. The smallest absolute Gasteiger partial charge is 0.0969 e. The molecular weight excluding hydrogens is 264 g/mol. The number of benzene rings is 1. The first-order valence-corrected chi connectivity index (χ1v) is 7.65. The van der Waals surface area contributed by atoms with Crippen molar-refractivity contribution in [3.8, 4) is 5.69 Å². The minimum Gasteiger partial charge on any atom is -0.378 e. The zero-order valence-electron chi connectivity index (χ0n) is 12.4. The molecule has 1 N–H and O–H groups in total. The molecule has 0 amide bonds. The number of ether oxygens (including phenoxy) is 1. The van der Waals surface area contributed by atoms with Crippen molar-refractivity contribution in [2.75, 3.05) is 13.2 Å². The SMILES string of the molecule is CCC1OCCC1CNCc1cnn(-c2ccccc2)n1. The van der Waals surface area contributed by atoms with E-state index in [1.54, 1.807) is 4.80 Å². The standard InChI is InChI=1S/C16H22N4O/c1-2-16-13(8-9-21-16)10-17-11-14-12-18-20(19-14)15-6-4-3-5-7-15/h3-7,12-13,16-17H,2,8-11H2,1H3. The fraction of sp³-hybridized carbons (Fsp3) is 0.500. The number of hydrogen-bond acceptors (Lipinski definition) is 4. The van der Waals surface area contributed by atoms with Crippen molar-refractivity contribution in [1.29, 1.82) is 0 Å². The maximum absolute atomic E-state index is 5.71. The van der Waals surface area contributed by atoms with Gasteiger partial charge in [-0.3, -0.25) is 0 Å². The molecule has 0 radical (unpaired) electrons. The molecule has 2 aromatic rings. The zero-order valence-corrected chi connectivity index (χ0v) is 12.4. The topological polar surface area (TPSA) is 52.0 Å². The highest BCUT2D eigenvalue weighted by Crippen LogP contribution is 2.22. The van der Waals surface area contributed by atoms with Gasteiger partial charge < -0.3 is 10.1 Å². The van der Waals surface area contributed by atoms with Gasteiger partial charge in [-0.05, 0) is 30.9 Å². The van der Waals surface area contributed by atoms with Gasteiger partial charge in [-0.15, -0.1) is 0 Å². The Morgan fingerprint density at radius 2 is 2.19 bits per heavy atom. The van der Waals surface area contributed by atoms with E-state index >= 15 is 0 Å². The predicted molar refractivity (Wildman–Crippen MR) is 81.2 cm³/mol. The van der Waals surface area contributed by atoms with E-state index in [0.29, 0.717) is 12.0 Å². The second kappa shape index (κ2) is 6.83. The van der Waals surface area contributed by atoms with Gasteiger partial charge in [-0.1, -0.05) is 25.1 Å². The van der Waals surface area contributed by atoms with E-state index in [-0.39, 0.29) is 0 Å². The van der Waals surface area contributed by atoms with Gasteiger partial charge in [0.2, 0.25) is 0 Å². The lowest BCUT2D eigenvalue weighted by Gasteiger charge is -2.16. The van der Waals surface area contributed by atoms with Crippen molar-refractivity contribution in [1.82, 2.24) is 20.3 Å². The molecule has 1 aromatic heterocycles. The highest BCUT2D eigenvalue weighted by molar-refractivity contribution is 5.28. The van der Waals surface area contributed by atoms with Crippen LogP contribution in [0.2, 0.25) is 0 Å². The molecule has 1 fully saturated rings. The Balaban J connectivity index is 1.51. The Kier molecular flexibility index (Phi) is 4.62. The van der Waals surface area contributed by atoms with Crippen LogP contribution in [0.5, 0.6) is 0 Å². The van der Waals surface area contributed by atoms with Crippen LogP contribution >= 0.6 is 0 Å². The summed E-state index contributed by atoms with van der Waals surface area (Å²) in [5.41, 5.74) is 1.95. The zero-order chi connectivity index (χ0) is 14.5. The summed E-state index contributed by atoms with van der Waals surface area (Å²) in [6, 6.07) is 9.96. The number of aromatic nitrogens is 3. The van der Waals surface area contributed by atoms with Crippen LogP contribution in [-0.4, -0.2) is 34.2 Å². The molecule has 2 heterocycles. The van der Waals surface area contributed by atoms with Gasteiger partial charge in [0.05, 0.1) is 23.7 Å². The molecular formula is C16H22N4O. The molecule has 1 aliphatic rings. The second-order valence-electron chi connectivity index (χ2n) is 5.46. The lowest BCUT2D eigenvalue weighted by Crippen LogP contribution is -2.28. The first kappa shape index (κ1) is 14.2. The molecule has 2 atom stereocenters. The molecule has 0 bridgehead atoms. The summed E-state index contributed by atoms with van der Waals surface area (Å²) in [6.07, 6.45) is 4.48. The molecule has 112 valence electrons. The van der Waals surface area contributed by atoms with Gasteiger partial charge in [0.15, 0.2) is 0 Å². The van der Waals surface area contributed by atoms with Gasteiger partial charge in [-0.25, -0.2) is 0 Å². The Bertz CT molecular complexity index is 554. The molecule has 0 spiro atoms. The summed E-state index contributed by atoms with van der Waals surface area (Å²) in [5, 5.41) is 12.3. The fourth-order valence-electron chi connectivity index (χ4n) is 2.82. The monoisotopic (exact) mass is 286 g/mol. The first-order chi connectivity index (χ1) is 10.4. The van der Waals surface area contributed by atoms with Gasteiger partial charge in [0.1, 0.15) is 0 Å². The normalized spacial score (nSPS) is 21.8. The lowest BCUT2D eigenvalue weighted by molar-refractivity contribution is 0.0872. The van der Waals surface area contributed by atoms with Crippen LogP contribution in [0.1, 0.15) is 25.5 Å². The summed E-state index contributed by atoms with van der Waals surface area (Å²) in [4.78, 5) is 1.67. The average Bonchev–Trinajstić information content (AvgIpc) is 3.17. The van der Waals surface area contributed by atoms with E-state index in [1.807, 2.05) is 36.5 Å². The van der Waals surface area contributed by atoms with E-state index < -0.39 is 0 Å². The van der Waals surface area contributed by atoms with Crippen molar-refractivity contribution < 1.29 is 4.74 Å². The number of para-hydroxylation sites is 1. The van der Waals surface area contributed by atoms with E-state index in [4.69, 9.17) is 4.74 Å². The minimum atomic E-state index is 0.414. The van der Waals surface area contributed by atoms with Crippen LogP contribution < -0.4 is 5.32 Å². The van der Waals surface area contributed by atoms with Gasteiger partial charge in [-0.2, -0.15) is 15.0 Å². The number of nitrogens with zero attached hydrogens (tertiary/aromatic N) is 3. The molecule has 1 aromatic carbocycles. The largest absolute Gasteiger partial charge is 0.378 e. The van der Waals surface area contributed by atoms with Crippen molar-refractivity contribution in [2.24, 2.45) is 5.92 Å². The van der Waals surface area contributed by atoms with Crippen molar-refractivity contribution in [3.05, 3.63) is 42.2 Å². The number of hydrogen-bond donors (Lipinski definition) is 1. The van der Waals surface area contributed by atoms with E-state index in [0.717, 1.165) is 43.9 Å². The van der Waals surface area contributed by atoms with Gasteiger partial charge in [0.25, 0.3) is 0 Å². The first-order valence-electron chi connectivity index (χ1n) is 7.65. The second-order valence-corrected chi connectivity index (χ2v) is 5.46. The number of rotatable bonds is 6. The van der Waals surface area contributed by atoms with E-state index in [9.17, 15) is 0 Å². The van der Waals surface area contributed by atoms with Gasteiger partial charge in [0, 0.05) is 19.7 Å². The molecule has 21 heavy (non-hydrogen) atoms. The molecule has 0 saturated carbocycles. The summed E-state index contributed by atoms with van der Waals surface area (Å²) >= 11 is 0. The van der Waals surface area contributed by atoms with Crippen molar-refractivity contribution in [2.45, 2.75) is 32.4 Å². The van der Waals surface area contributed by atoms with Crippen LogP contribution in [0, 0.1) is 5.92 Å². The molecule has 5 nitrogen and oxygen atoms in total. The highest BCUT2D eigenvalue weighted by atomic mass is 16.5. The third-order valence-corrected chi connectivity index (χ3v) is 3.99. The summed E-state index contributed by atoms with van der Waals surface area (Å²) in [6.45, 7) is 4.82. The van der Waals surface area contributed by atoms with Gasteiger partial charge >= 0.3 is 0 Å². The molecule has 2 unspecified atom stereocenters. The highest BCUT2D eigenvalue weighted by Gasteiger charge is 2.25. The summed E-state index contributed by atoms with van der Waals surface area (Å²) < 4.78 is 5.71. The quantitative estimate of drug-likeness (QED) is 0.884. The fourth-order valence-corrected chi connectivity index (χ4v) is 2.82. The molecule has 1 saturated heterocycles. The minimum absolute atomic E-state index is 0.414. The molecule has 5 heteroatoms. The van der Waals surface area contributed by atoms with E-state index in [2.05, 4.69) is 22.4 Å². The van der Waals surface area contributed by atoms with Crippen LogP contribution in [-0.2, 0) is 11.3 Å². The molecule has 3 rings (SSSR count). The Labute approximate surface area is 125 Å². The van der Waals surface area contributed by atoms with Crippen LogP contribution in [0.15, 0.2) is 36.5 Å². The summed E-state index contributed by atoms with van der Waals surface area (Å²) in [7, 11) is 0. The third-order valence-electron chi connectivity index (χ3n) is 3.99. The molecule has 1 aliphatic heterocycles. The Morgan fingerprint density at radius 1 is 1.33 bits per heavy atom. The molecule has 0 aliphatic carbocycles. The maximum atomic E-state index is 5.71. The average molecular weight is 286 g/mol. The van der Waals surface area contributed by atoms with Crippen molar-refractivity contribution >= 4 is 0 Å².